The Morgan fingerprint density at radius 1 is 1.19 bits per heavy atom. The minimum absolute atomic E-state index is 0.0632. The van der Waals surface area contributed by atoms with Crippen molar-refractivity contribution in [3.63, 3.8) is 0 Å². The number of benzene rings is 1. The second-order valence-corrected chi connectivity index (χ2v) is 6.88. The average molecular weight is 355 g/mol. The molecule has 6 nitrogen and oxygen atoms in total. The van der Waals surface area contributed by atoms with Gasteiger partial charge in [-0.2, -0.15) is 0 Å². The van der Waals surface area contributed by atoms with Crippen LogP contribution in [0.4, 0.5) is 5.69 Å². The lowest BCUT2D eigenvalue weighted by Crippen LogP contribution is -2.27. The number of aryl methyl sites for hydroxylation is 3. The number of nitrogens with zero attached hydrogens (tertiary/aromatic N) is 2. The van der Waals surface area contributed by atoms with Gasteiger partial charge in [0.2, 0.25) is 5.91 Å². The minimum atomic E-state index is -0.0632. The van der Waals surface area contributed by atoms with Gasteiger partial charge in [-0.05, 0) is 63.8 Å². The third kappa shape index (κ3) is 3.95. The highest BCUT2D eigenvalue weighted by atomic mass is 16.5. The summed E-state index contributed by atoms with van der Waals surface area (Å²) < 4.78 is 5.13. The predicted molar refractivity (Wildman–Crippen MR) is 99.2 cm³/mol. The molecule has 138 valence electrons. The van der Waals surface area contributed by atoms with Gasteiger partial charge in [-0.15, -0.1) is 0 Å². The highest BCUT2D eigenvalue weighted by Crippen LogP contribution is 2.20. The summed E-state index contributed by atoms with van der Waals surface area (Å²) in [5.74, 6) is 0.768. The van der Waals surface area contributed by atoms with Gasteiger partial charge in [-0.25, -0.2) is 0 Å². The smallest absolute Gasteiger partial charge is 0.253 e. The number of likely N-dealkylation sites (tertiary alicyclic amines) is 1. The van der Waals surface area contributed by atoms with Crippen molar-refractivity contribution in [2.24, 2.45) is 0 Å². The Morgan fingerprint density at radius 3 is 2.54 bits per heavy atom. The van der Waals surface area contributed by atoms with Crippen LogP contribution in [0.15, 0.2) is 22.7 Å². The van der Waals surface area contributed by atoms with E-state index in [1.54, 1.807) is 6.07 Å². The normalized spacial score (nSPS) is 13.9. The van der Waals surface area contributed by atoms with Crippen LogP contribution < -0.4 is 5.32 Å². The van der Waals surface area contributed by atoms with E-state index >= 15 is 0 Å². The molecule has 0 aliphatic carbocycles. The molecule has 1 N–H and O–H groups in total. The predicted octanol–water partition coefficient (Wildman–Crippen LogP) is 3.41. The van der Waals surface area contributed by atoms with Crippen molar-refractivity contribution in [1.29, 1.82) is 0 Å². The summed E-state index contributed by atoms with van der Waals surface area (Å²) in [6.45, 7) is 7.30. The Labute approximate surface area is 153 Å². The molecule has 2 heterocycles. The van der Waals surface area contributed by atoms with Crippen LogP contribution in [0.2, 0.25) is 0 Å². The number of hydrogen-bond acceptors (Lipinski definition) is 4. The van der Waals surface area contributed by atoms with Gasteiger partial charge in [0.15, 0.2) is 0 Å². The van der Waals surface area contributed by atoms with Crippen LogP contribution in [0.25, 0.3) is 0 Å². The Hall–Kier alpha value is -2.63. The van der Waals surface area contributed by atoms with Gasteiger partial charge in [0, 0.05) is 36.3 Å². The van der Waals surface area contributed by atoms with Crippen molar-refractivity contribution in [2.75, 3.05) is 18.4 Å². The van der Waals surface area contributed by atoms with Crippen molar-refractivity contribution in [3.8, 4) is 0 Å². The van der Waals surface area contributed by atoms with Crippen molar-refractivity contribution >= 4 is 17.5 Å². The lowest BCUT2D eigenvalue weighted by atomic mass is 10.1. The van der Waals surface area contributed by atoms with Crippen LogP contribution in [-0.2, 0) is 11.2 Å². The maximum atomic E-state index is 12.5. The third-order valence-corrected chi connectivity index (χ3v) is 4.92. The fourth-order valence-corrected chi connectivity index (χ4v) is 3.35. The van der Waals surface area contributed by atoms with Gasteiger partial charge in [-0.3, -0.25) is 9.59 Å². The summed E-state index contributed by atoms with van der Waals surface area (Å²) in [6, 6.07) is 5.45. The molecule has 1 aliphatic rings. The lowest BCUT2D eigenvalue weighted by Gasteiger charge is -2.16. The van der Waals surface area contributed by atoms with Crippen molar-refractivity contribution in [3.05, 3.63) is 46.3 Å². The van der Waals surface area contributed by atoms with E-state index < -0.39 is 0 Å². The molecule has 1 fully saturated rings. The molecule has 3 rings (SSSR count). The van der Waals surface area contributed by atoms with Crippen LogP contribution in [0, 0.1) is 20.8 Å². The number of nitrogens with one attached hydrogen (secondary N) is 1. The molecule has 0 radical (unpaired) electrons. The molecule has 2 aromatic rings. The van der Waals surface area contributed by atoms with E-state index in [0.29, 0.717) is 18.4 Å². The highest BCUT2D eigenvalue weighted by molar-refractivity contribution is 5.96. The Morgan fingerprint density at radius 2 is 1.92 bits per heavy atom. The molecular weight excluding hydrogens is 330 g/mol. The standard InChI is InChI=1S/C20H25N3O3/c1-13-12-16(20(25)23-10-4-5-11-23)6-8-18(13)21-19(24)9-7-17-14(2)22-26-15(17)3/h6,8,12H,4-5,7,9-11H2,1-3H3,(H,21,24). The monoisotopic (exact) mass is 355 g/mol. The van der Waals surface area contributed by atoms with Crippen molar-refractivity contribution < 1.29 is 14.1 Å². The molecular formula is C20H25N3O3. The van der Waals surface area contributed by atoms with Crippen molar-refractivity contribution in [2.45, 2.75) is 46.5 Å². The molecule has 1 aromatic heterocycles. The van der Waals surface area contributed by atoms with Gasteiger partial charge in [0.1, 0.15) is 5.76 Å². The zero-order chi connectivity index (χ0) is 18.7. The number of carbonyl (C=O) groups excluding carboxylic acids is 2. The van der Waals surface area contributed by atoms with Gasteiger partial charge in [0.25, 0.3) is 5.91 Å². The van der Waals surface area contributed by atoms with E-state index in [4.69, 9.17) is 4.52 Å². The number of amides is 2. The van der Waals surface area contributed by atoms with Crippen LogP contribution in [-0.4, -0.2) is 35.0 Å². The molecule has 2 amide bonds. The summed E-state index contributed by atoms with van der Waals surface area (Å²) >= 11 is 0. The van der Waals surface area contributed by atoms with E-state index in [9.17, 15) is 9.59 Å². The van der Waals surface area contributed by atoms with Crippen LogP contribution in [0.5, 0.6) is 0 Å². The van der Waals surface area contributed by atoms with Crippen LogP contribution >= 0.6 is 0 Å². The lowest BCUT2D eigenvalue weighted by molar-refractivity contribution is -0.116. The fraction of sp³-hybridized carbons (Fsp3) is 0.450. The highest BCUT2D eigenvalue weighted by Gasteiger charge is 2.20. The SMILES string of the molecule is Cc1cc(C(=O)N2CCCC2)ccc1NC(=O)CCc1c(C)noc1C. The Bertz CT molecular complexity index is 800. The molecule has 0 saturated carbocycles. The largest absolute Gasteiger partial charge is 0.361 e. The van der Waals surface area contributed by atoms with E-state index in [-0.39, 0.29) is 11.8 Å². The molecule has 6 heteroatoms. The number of carbonyl (C=O) groups is 2. The zero-order valence-corrected chi connectivity index (χ0v) is 15.6. The summed E-state index contributed by atoms with van der Waals surface area (Å²) in [6.07, 6.45) is 3.10. The first-order chi connectivity index (χ1) is 12.5. The summed E-state index contributed by atoms with van der Waals surface area (Å²) in [5, 5.41) is 6.84. The van der Waals surface area contributed by atoms with E-state index in [1.807, 2.05) is 37.8 Å². The number of hydrogen-bond donors (Lipinski definition) is 1. The molecule has 0 atom stereocenters. The van der Waals surface area contributed by atoms with Crippen LogP contribution in [0.1, 0.15) is 52.2 Å². The summed E-state index contributed by atoms with van der Waals surface area (Å²) in [7, 11) is 0. The van der Waals surface area contributed by atoms with Crippen LogP contribution in [0.3, 0.4) is 0 Å². The number of aromatic nitrogens is 1. The summed E-state index contributed by atoms with van der Waals surface area (Å²) in [4.78, 5) is 26.6. The molecule has 0 unspecified atom stereocenters. The van der Waals surface area contributed by atoms with Gasteiger partial charge in [0.05, 0.1) is 5.69 Å². The van der Waals surface area contributed by atoms with Crippen molar-refractivity contribution in [1.82, 2.24) is 10.1 Å². The number of anilines is 1. The zero-order valence-electron chi connectivity index (χ0n) is 15.6. The molecule has 1 aliphatic heterocycles. The second kappa shape index (κ2) is 7.72. The Kier molecular flexibility index (Phi) is 5.40. The first-order valence-corrected chi connectivity index (χ1v) is 9.07. The van der Waals surface area contributed by atoms with E-state index in [0.717, 1.165) is 54.2 Å². The fourth-order valence-electron chi connectivity index (χ4n) is 3.35. The number of rotatable bonds is 5. The van der Waals surface area contributed by atoms with Gasteiger partial charge >= 0.3 is 0 Å². The van der Waals surface area contributed by atoms with Gasteiger partial charge < -0.3 is 14.7 Å². The molecule has 0 bridgehead atoms. The van der Waals surface area contributed by atoms with E-state index in [1.165, 1.54) is 0 Å². The average Bonchev–Trinajstić information content (AvgIpc) is 3.25. The second-order valence-electron chi connectivity index (χ2n) is 6.88. The molecule has 0 spiro atoms. The first-order valence-electron chi connectivity index (χ1n) is 9.07. The summed E-state index contributed by atoms with van der Waals surface area (Å²) in [5.41, 5.74) is 4.13. The van der Waals surface area contributed by atoms with Gasteiger partial charge in [-0.1, -0.05) is 5.16 Å². The minimum Gasteiger partial charge on any atom is -0.361 e. The quantitative estimate of drug-likeness (QED) is 0.892. The van der Waals surface area contributed by atoms with E-state index in [2.05, 4.69) is 10.5 Å². The topological polar surface area (TPSA) is 75.4 Å². The third-order valence-electron chi connectivity index (χ3n) is 4.92. The first kappa shape index (κ1) is 18.2. The maximum Gasteiger partial charge on any atom is 0.253 e. The molecule has 26 heavy (non-hydrogen) atoms. The Balaban J connectivity index is 1.60. The maximum absolute atomic E-state index is 12.5. The molecule has 1 saturated heterocycles. The molecule has 1 aromatic carbocycles.